The van der Waals surface area contributed by atoms with Crippen LogP contribution >= 0.6 is 0 Å². The first kappa shape index (κ1) is 33.6. The first-order chi connectivity index (χ1) is 20.5. The number of ether oxygens (including phenoxy) is 1. The quantitative estimate of drug-likeness (QED) is 0.130. The minimum atomic E-state index is -0.884. The Morgan fingerprint density at radius 1 is 0.667 bits per heavy atom. The van der Waals surface area contributed by atoms with Crippen molar-refractivity contribution in [2.24, 2.45) is 0 Å². The van der Waals surface area contributed by atoms with Gasteiger partial charge in [0.15, 0.2) is 0 Å². The van der Waals surface area contributed by atoms with E-state index >= 15 is 0 Å². The van der Waals surface area contributed by atoms with E-state index in [-0.39, 0.29) is 6.10 Å². The fourth-order valence-electron chi connectivity index (χ4n) is 5.77. The highest BCUT2D eigenvalue weighted by atomic mass is 16.5. The monoisotopic (exact) mass is 570 g/mol. The molecule has 0 radical (unpaired) electrons. The lowest BCUT2D eigenvalue weighted by molar-refractivity contribution is 0.0628. The second-order valence-electron chi connectivity index (χ2n) is 11.9. The van der Waals surface area contributed by atoms with Gasteiger partial charge in [-0.1, -0.05) is 145 Å². The van der Waals surface area contributed by atoms with Crippen LogP contribution in [0.4, 0.5) is 0 Å². The molecule has 3 rings (SSSR count). The van der Waals surface area contributed by atoms with Gasteiger partial charge in [-0.2, -0.15) is 0 Å². The zero-order chi connectivity index (χ0) is 30.0. The van der Waals surface area contributed by atoms with Gasteiger partial charge in [0.25, 0.3) is 0 Å². The molecule has 3 aromatic rings. The molecule has 3 aromatic carbocycles. The Labute approximate surface area is 255 Å². The van der Waals surface area contributed by atoms with Gasteiger partial charge in [-0.3, -0.25) is 0 Å². The lowest BCUT2D eigenvalue weighted by Gasteiger charge is -2.16. The summed E-state index contributed by atoms with van der Waals surface area (Å²) < 4.78 is 6.06. The van der Waals surface area contributed by atoms with E-state index < -0.39 is 5.97 Å². The van der Waals surface area contributed by atoms with Gasteiger partial charge in [0.2, 0.25) is 0 Å². The molecule has 1 N–H and O–H groups in total. The molecule has 0 amide bonds. The average molecular weight is 571 g/mol. The van der Waals surface area contributed by atoms with E-state index in [2.05, 4.69) is 69.3 Å². The van der Waals surface area contributed by atoms with Crippen molar-refractivity contribution in [3.05, 3.63) is 83.4 Å². The van der Waals surface area contributed by atoms with Crippen LogP contribution in [-0.4, -0.2) is 17.7 Å². The first-order valence-corrected chi connectivity index (χ1v) is 16.7. The lowest BCUT2D eigenvalue weighted by atomic mass is 9.90. The van der Waals surface area contributed by atoms with Crippen molar-refractivity contribution in [3.63, 3.8) is 0 Å². The third-order valence-corrected chi connectivity index (χ3v) is 8.44. The molecule has 1 unspecified atom stereocenters. The molecule has 0 aliphatic carbocycles. The number of unbranched alkanes of at least 4 members (excludes halogenated alkanes) is 12. The van der Waals surface area contributed by atoms with Crippen molar-refractivity contribution in [3.8, 4) is 22.3 Å². The van der Waals surface area contributed by atoms with E-state index in [1.807, 2.05) is 12.1 Å². The van der Waals surface area contributed by atoms with Crippen molar-refractivity contribution in [2.45, 2.75) is 123 Å². The second-order valence-corrected chi connectivity index (χ2v) is 11.9. The van der Waals surface area contributed by atoms with Gasteiger partial charge in [-0.05, 0) is 71.7 Å². The zero-order valence-corrected chi connectivity index (χ0v) is 26.5. The predicted molar refractivity (Wildman–Crippen MR) is 178 cm³/mol. The van der Waals surface area contributed by atoms with Gasteiger partial charge >= 0.3 is 5.97 Å². The molecule has 0 heterocycles. The van der Waals surface area contributed by atoms with Crippen molar-refractivity contribution in [1.29, 1.82) is 0 Å². The standard InChI is InChI=1S/C39H54O3/c1-4-6-8-10-11-12-13-14-15-16-20-34-21-17-18-22-36(34)38-30-35(27-28-37(38)39(40)41)33-25-23-32(24-26-33)31(3)42-29-19-9-7-5-2/h17-18,21-28,30-31H,4-16,19-20,29H2,1-3H3,(H,40,41). The number of hydrogen-bond donors (Lipinski definition) is 1. The highest BCUT2D eigenvalue weighted by molar-refractivity contribution is 5.97. The van der Waals surface area contributed by atoms with Gasteiger partial charge in [0, 0.05) is 6.61 Å². The molecule has 0 spiro atoms. The number of carboxylic acid groups (broad SMARTS) is 1. The van der Waals surface area contributed by atoms with E-state index in [4.69, 9.17) is 4.74 Å². The van der Waals surface area contributed by atoms with Crippen LogP contribution in [0.3, 0.4) is 0 Å². The lowest BCUT2D eigenvalue weighted by Crippen LogP contribution is -2.02. The molecular formula is C39H54O3. The molecule has 0 bridgehead atoms. The summed E-state index contributed by atoms with van der Waals surface area (Å²) in [6, 6.07) is 22.6. The summed E-state index contributed by atoms with van der Waals surface area (Å²) in [5.41, 5.74) is 6.71. The molecule has 0 saturated heterocycles. The summed E-state index contributed by atoms with van der Waals surface area (Å²) in [5.74, 6) is -0.884. The Morgan fingerprint density at radius 3 is 1.88 bits per heavy atom. The van der Waals surface area contributed by atoms with E-state index in [0.717, 1.165) is 48.1 Å². The molecule has 3 heteroatoms. The van der Waals surface area contributed by atoms with Gasteiger partial charge in [-0.25, -0.2) is 4.79 Å². The van der Waals surface area contributed by atoms with Gasteiger partial charge in [-0.15, -0.1) is 0 Å². The molecule has 0 aromatic heterocycles. The number of carboxylic acids is 1. The van der Waals surface area contributed by atoms with Crippen LogP contribution in [0.25, 0.3) is 22.3 Å². The maximum Gasteiger partial charge on any atom is 0.336 e. The van der Waals surface area contributed by atoms with E-state index in [9.17, 15) is 9.90 Å². The van der Waals surface area contributed by atoms with Crippen LogP contribution in [0.5, 0.6) is 0 Å². The molecule has 0 aliphatic heterocycles. The van der Waals surface area contributed by atoms with Crippen LogP contribution in [0.2, 0.25) is 0 Å². The summed E-state index contributed by atoms with van der Waals surface area (Å²) in [6.45, 7) is 7.40. The maximum atomic E-state index is 12.2. The number of aromatic carboxylic acids is 1. The molecule has 0 aliphatic rings. The minimum absolute atomic E-state index is 0.0586. The van der Waals surface area contributed by atoms with Crippen LogP contribution < -0.4 is 0 Å². The fraction of sp³-hybridized carbons (Fsp3) is 0.513. The molecule has 0 saturated carbocycles. The molecular weight excluding hydrogens is 516 g/mol. The number of carbonyl (C=O) groups is 1. The SMILES string of the molecule is CCCCCCCCCCCCc1ccccc1-c1cc(-c2ccc(C(C)OCCCCCC)cc2)ccc1C(=O)O. The summed E-state index contributed by atoms with van der Waals surface area (Å²) in [4.78, 5) is 12.2. The van der Waals surface area contributed by atoms with Crippen LogP contribution in [0.15, 0.2) is 66.7 Å². The molecule has 3 nitrogen and oxygen atoms in total. The summed E-state index contributed by atoms with van der Waals surface area (Å²) in [5, 5.41) is 10.0. The highest BCUT2D eigenvalue weighted by Gasteiger charge is 2.16. The Hall–Kier alpha value is -2.91. The summed E-state index contributed by atoms with van der Waals surface area (Å²) in [7, 11) is 0. The third kappa shape index (κ3) is 11.1. The fourth-order valence-corrected chi connectivity index (χ4v) is 5.77. The van der Waals surface area contributed by atoms with Gasteiger partial charge in [0.05, 0.1) is 11.7 Å². The van der Waals surface area contributed by atoms with E-state index in [1.165, 1.54) is 88.2 Å². The highest BCUT2D eigenvalue weighted by Crippen LogP contribution is 2.33. The van der Waals surface area contributed by atoms with Gasteiger partial charge in [0.1, 0.15) is 0 Å². The largest absolute Gasteiger partial charge is 0.478 e. The molecule has 228 valence electrons. The Morgan fingerprint density at radius 2 is 1.24 bits per heavy atom. The Kier molecular flexibility index (Phi) is 15.4. The number of benzene rings is 3. The van der Waals surface area contributed by atoms with E-state index in [1.54, 1.807) is 6.07 Å². The second kappa shape index (κ2) is 19.3. The Bertz CT molecular complexity index is 1180. The topological polar surface area (TPSA) is 46.5 Å². The van der Waals surface area contributed by atoms with Crippen molar-refractivity contribution in [1.82, 2.24) is 0 Å². The summed E-state index contributed by atoms with van der Waals surface area (Å²) in [6.07, 6.45) is 19.0. The zero-order valence-electron chi connectivity index (χ0n) is 26.5. The van der Waals surface area contributed by atoms with E-state index in [0.29, 0.717) is 5.56 Å². The van der Waals surface area contributed by atoms with Crippen molar-refractivity contribution < 1.29 is 14.6 Å². The first-order valence-electron chi connectivity index (χ1n) is 16.7. The van der Waals surface area contributed by atoms with Crippen molar-refractivity contribution >= 4 is 5.97 Å². The maximum absolute atomic E-state index is 12.2. The molecule has 42 heavy (non-hydrogen) atoms. The minimum Gasteiger partial charge on any atom is -0.478 e. The van der Waals surface area contributed by atoms with Crippen LogP contribution in [0.1, 0.15) is 138 Å². The predicted octanol–water partition coefficient (Wildman–Crippen LogP) is 11.8. The van der Waals surface area contributed by atoms with Crippen LogP contribution in [-0.2, 0) is 11.2 Å². The number of hydrogen-bond acceptors (Lipinski definition) is 2. The average Bonchev–Trinajstić information content (AvgIpc) is 3.01. The number of rotatable bonds is 21. The summed E-state index contributed by atoms with van der Waals surface area (Å²) >= 11 is 0. The van der Waals surface area contributed by atoms with Gasteiger partial charge < -0.3 is 9.84 Å². The molecule has 0 fully saturated rings. The molecule has 1 atom stereocenters. The Balaban J connectivity index is 1.65. The van der Waals surface area contributed by atoms with Crippen LogP contribution in [0, 0.1) is 0 Å². The van der Waals surface area contributed by atoms with Crippen molar-refractivity contribution in [2.75, 3.05) is 6.61 Å². The normalized spacial score (nSPS) is 12.0. The number of aryl methyl sites for hydroxylation is 1. The third-order valence-electron chi connectivity index (χ3n) is 8.44. The smallest absolute Gasteiger partial charge is 0.336 e.